The number of anilines is 1. The number of carbonyl (C=O) groups is 1. The zero-order valence-corrected chi connectivity index (χ0v) is 13.7. The molecule has 1 aromatic carbocycles. The maximum Gasteiger partial charge on any atom is 0.320 e. The molecule has 0 fully saturated rings. The Morgan fingerprint density at radius 3 is 2.78 bits per heavy atom. The van der Waals surface area contributed by atoms with Crippen LogP contribution in [0.25, 0.3) is 0 Å². The van der Waals surface area contributed by atoms with Gasteiger partial charge in [0.2, 0.25) is 0 Å². The van der Waals surface area contributed by atoms with E-state index in [1.165, 1.54) is 5.56 Å². The summed E-state index contributed by atoms with van der Waals surface area (Å²) in [7, 11) is 0. The van der Waals surface area contributed by atoms with Crippen molar-refractivity contribution in [2.45, 2.75) is 40.3 Å². The van der Waals surface area contributed by atoms with E-state index in [0.29, 0.717) is 25.3 Å². The number of carbonyl (C=O) groups excluding carboxylic acids is 1. The third-order valence-corrected chi connectivity index (χ3v) is 3.60. The summed E-state index contributed by atoms with van der Waals surface area (Å²) in [6.45, 7) is 6.95. The SMILES string of the molecule is Cc1ccc(CNC(=O)Nc2cc(C)n(CCC#N)n2)c(C)c1. The first-order valence-corrected chi connectivity index (χ1v) is 7.52. The standard InChI is InChI=1S/C17H21N5O/c1-12-5-6-15(13(2)9-12)11-19-17(23)20-16-10-14(3)22(21-16)8-4-7-18/h5-6,9-10H,4,8,11H2,1-3H3,(H2,19,20,21,23). The minimum atomic E-state index is -0.296. The Hall–Kier alpha value is -2.81. The fourth-order valence-electron chi connectivity index (χ4n) is 2.33. The lowest BCUT2D eigenvalue weighted by Gasteiger charge is -2.09. The van der Waals surface area contributed by atoms with E-state index in [2.05, 4.69) is 27.9 Å². The molecule has 1 aromatic heterocycles. The number of amides is 2. The molecule has 2 amide bonds. The Kier molecular flexibility index (Phi) is 5.36. The molecule has 6 heteroatoms. The van der Waals surface area contributed by atoms with Crippen molar-refractivity contribution in [1.29, 1.82) is 5.26 Å². The molecule has 0 aliphatic carbocycles. The second-order valence-electron chi connectivity index (χ2n) is 5.54. The highest BCUT2D eigenvalue weighted by molar-refractivity contribution is 5.88. The molecule has 0 saturated heterocycles. The van der Waals surface area contributed by atoms with E-state index in [1.54, 1.807) is 10.7 Å². The van der Waals surface area contributed by atoms with E-state index in [0.717, 1.165) is 16.8 Å². The molecule has 0 bridgehead atoms. The minimum Gasteiger partial charge on any atom is -0.334 e. The van der Waals surface area contributed by atoms with Crippen LogP contribution in [0.15, 0.2) is 24.3 Å². The number of rotatable bonds is 5. The lowest BCUT2D eigenvalue weighted by atomic mass is 10.1. The van der Waals surface area contributed by atoms with Crippen molar-refractivity contribution in [3.05, 3.63) is 46.6 Å². The highest BCUT2D eigenvalue weighted by atomic mass is 16.2. The molecule has 0 atom stereocenters. The van der Waals surface area contributed by atoms with Gasteiger partial charge in [-0.1, -0.05) is 23.8 Å². The second-order valence-corrected chi connectivity index (χ2v) is 5.54. The van der Waals surface area contributed by atoms with Gasteiger partial charge in [-0.05, 0) is 31.9 Å². The molecule has 0 aliphatic heterocycles. The number of aromatic nitrogens is 2. The number of aryl methyl sites for hydroxylation is 4. The molecule has 120 valence electrons. The summed E-state index contributed by atoms with van der Waals surface area (Å²) in [5.74, 6) is 0.485. The summed E-state index contributed by atoms with van der Waals surface area (Å²) in [6.07, 6.45) is 0.390. The van der Waals surface area contributed by atoms with Crippen molar-refractivity contribution < 1.29 is 4.79 Å². The van der Waals surface area contributed by atoms with E-state index < -0.39 is 0 Å². The Morgan fingerprint density at radius 2 is 2.09 bits per heavy atom. The summed E-state index contributed by atoms with van der Waals surface area (Å²) < 4.78 is 1.71. The molecule has 0 spiro atoms. The van der Waals surface area contributed by atoms with E-state index in [1.807, 2.05) is 32.9 Å². The van der Waals surface area contributed by atoms with Gasteiger partial charge in [0.1, 0.15) is 0 Å². The topological polar surface area (TPSA) is 82.7 Å². The predicted octanol–water partition coefficient (Wildman–Crippen LogP) is 3.04. The van der Waals surface area contributed by atoms with Crippen molar-refractivity contribution in [2.75, 3.05) is 5.32 Å². The molecular formula is C17H21N5O. The van der Waals surface area contributed by atoms with E-state index in [-0.39, 0.29) is 6.03 Å². The molecule has 0 unspecified atom stereocenters. The van der Waals surface area contributed by atoms with Crippen LogP contribution < -0.4 is 10.6 Å². The first kappa shape index (κ1) is 16.6. The van der Waals surface area contributed by atoms with Crippen LogP contribution >= 0.6 is 0 Å². The quantitative estimate of drug-likeness (QED) is 0.890. The number of urea groups is 1. The Balaban J connectivity index is 1.91. The predicted molar refractivity (Wildman–Crippen MR) is 89.0 cm³/mol. The van der Waals surface area contributed by atoms with Crippen molar-refractivity contribution in [3.8, 4) is 6.07 Å². The van der Waals surface area contributed by atoms with Crippen LogP contribution in [0.1, 0.15) is 28.8 Å². The zero-order valence-electron chi connectivity index (χ0n) is 13.7. The maximum atomic E-state index is 12.0. The van der Waals surface area contributed by atoms with Crippen molar-refractivity contribution >= 4 is 11.8 Å². The smallest absolute Gasteiger partial charge is 0.320 e. The number of benzene rings is 1. The Morgan fingerprint density at radius 1 is 1.30 bits per heavy atom. The van der Waals surface area contributed by atoms with Crippen LogP contribution in [0.4, 0.5) is 10.6 Å². The van der Waals surface area contributed by atoms with Gasteiger partial charge in [-0.15, -0.1) is 0 Å². The van der Waals surface area contributed by atoms with Crippen LogP contribution in [0.5, 0.6) is 0 Å². The van der Waals surface area contributed by atoms with E-state index in [4.69, 9.17) is 5.26 Å². The summed E-state index contributed by atoms with van der Waals surface area (Å²) in [6, 6.07) is 9.71. The van der Waals surface area contributed by atoms with Gasteiger partial charge in [-0.2, -0.15) is 10.4 Å². The molecule has 1 heterocycles. The second kappa shape index (κ2) is 7.45. The summed E-state index contributed by atoms with van der Waals surface area (Å²) in [4.78, 5) is 12.0. The number of nitriles is 1. The Labute approximate surface area is 136 Å². The average Bonchev–Trinajstić information content (AvgIpc) is 2.83. The van der Waals surface area contributed by atoms with Crippen LogP contribution in [0.2, 0.25) is 0 Å². The highest BCUT2D eigenvalue weighted by Crippen LogP contribution is 2.11. The third-order valence-electron chi connectivity index (χ3n) is 3.60. The van der Waals surface area contributed by atoms with Crippen molar-refractivity contribution in [1.82, 2.24) is 15.1 Å². The lowest BCUT2D eigenvalue weighted by Crippen LogP contribution is -2.28. The summed E-state index contributed by atoms with van der Waals surface area (Å²) in [5.41, 5.74) is 4.35. The average molecular weight is 311 g/mol. The van der Waals surface area contributed by atoms with Crippen LogP contribution in [0, 0.1) is 32.1 Å². The van der Waals surface area contributed by atoms with Crippen LogP contribution in [-0.2, 0) is 13.1 Å². The molecule has 6 nitrogen and oxygen atoms in total. The largest absolute Gasteiger partial charge is 0.334 e. The fraction of sp³-hybridized carbons (Fsp3) is 0.353. The number of hydrogen-bond acceptors (Lipinski definition) is 3. The molecule has 2 N–H and O–H groups in total. The lowest BCUT2D eigenvalue weighted by molar-refractivity contribution is 0.251. The minimum absolute atomic E-state index is 0.296. The van der Waals surface area contributed by atoms with E-state index in [9.17, 15) is 4.79 Å². The normalized spacial score (nSPS) is 10.2. The number of nitrogens with zero attached hydrogens (tertiary/aromatic N) is 3. The molecule has 2 rings (SSSR count). The summed E-state index contributed by atoms with van der Waals surface area (Å²) in [5, 5.41) is 18.4. The van der Waals surface area contributed by atoms with Gasteiger partial charge in [-0.25, -0.2) is 4.79 Å². The fourth-order valence-corrected chi connectivity index (χ4v) is 2.33. The van der Waals surface area contributed by atoms with Crippen LogP contribution in [-0.4, -0.2) is 15.8 Å². The van der Waals surface area contributed by atoms with Gasteiger partial charge in [-0.3, -0.25) is 10.00 Å². The highest BCUT2D eigenvalue weighted by Gasteiger charge is 2.08. The van der Waals surface area contributed by atoms with E-state index >= 15 is 0 Å². The molecule has 0 saturated carbocycles. The molecular weight excluding hydrogens is 290 g/mol. The van der Waals surface area contributed by atoms with Gasteiger partial charge in [0.25, 0.3) is 0 Å². The zero-order chi connectivity index (χ0) is 16.8. The molecule has 2 aromatic rings. The Bertz CT molecular complexity index is 742. The third kappa shape index (κ3) is 4.58. The van der Waals surface area contributed by atoms with Crippen molar-refractivity contribution in [2.24, 2.45) is 0 Å². The molecule has 23 heavy (non-hydrogen) atoms. The first-order chi connectivity index (χ1) is 11.0. The van der Waals surface area contributed by atoms with Gasteiger partial charge in [0, 0.05) is 18.3 Å². The van der Waals surface area contributed by atoms with Gasteiger partial charge in [0.15, 0.2) is 5.82 Å². The molecule has 0 aliphatic rings. The number of nitrogens with one attached hydrogen (secondary N) is 2. The monoisotopic (exact) mass is 311 g/mol. The van der Waals surface area contributed by atoms with Gasteiger partial charge in [0.05, 0.1) is 19.0 Å². The molecule has 0 radical (unpaired) electrons. The maximum absolute atomic E-state index is 12.0. The summed E-state index contributed by atoms with van der Waals surface area (Å²) >= 11 is 0. The van der Waals surface area contributed by atoms with Gasteiger partial charge < -0.3 is 5.32 Å². The van der Waals surface area contributed by atoms with Crippen molar-refractivity contribution in [3.63, 3.8) is 0 Å². The first-order valence-electron chi connectivity index (χ1n) is 7.52. The van der Waals surface area contributed by atoms with Gasteiger partial charge >= 0.3 is 6.03 Å². The van der Waals surface area contributed by atoms with Crippen LogP contribution in [0.3, 0.4) is 0 Å². The number of hydrogen-bond donors (Lipinski definition) is 2.